The summed E-state index contributed by atoms with van der Waals surface area (Å²) < 4.78 is 10.7. The van der Waals surface area contributed by atoms with Crippen molar-refractivity contribution in [3.8, 4) is 11.5 Å². The number of nitrogens with one attached hydrogen (secondary N) is 1. The van der Waals surface area contributed by atoms with Crippen LogP contribution in [-0.4, -0.2) is 30.7 Å². The van der Waals surface area contributed by atoms with Crippen molar-refractivity contribution in [2.45, 2.75) is 5.92 Å². The molecule has 1 aromatic heterocycles. The quantitative estimate of drug-likeness (QED) is 0.554. The van der Waals surface area contributed by atoms with Crippen molar-refractivity contribution in [3.63, 3.8) is 0 Å². The molecule has 0 spiro atoms. The van der Waals surface area contributed by atoms with Gasteiger partial charge in [0.2, 0.25) is 6.54 Å². The zero-order chi connectivity index (χ0) is 17.1. The van der Waals surface area contributed by atoms with Crippen LogP contribution in [0.2, 0.25) is 0 Å². The van der Waals surface area contributed by atoms with E-state index in [9.17, 15) is 10.1 Å². The molecule has 0 aliphatic carbocycles. The fourth-order valence-electron chi connectivity index (χ4n) is 3.00. The molecule has 6 nitrogen and oxygen atoms in total. The van der Waals surface area contributed by atoms with Crippen molar-refractivity contribution in [1.29, 1.82) is 0 Å². The average molecular weight is 326 g/mol. The van der Waals surface area contributed by atoms with Crippen LogP contribution in [0.4, 0.5) is 0 Å². The lowest BCUT2D eigenvalue weighted by molar-refractivity contribution is -0.481. The Morgan fingerprint density at radius 1 is 1.12 bits per heavy atom. The number of methoxy groups -OCH3 is 2. The molecule has 0 fully saturated rings. The topological polar surface area (TPSA) is 77.4 Å². The Morgan fingerprint density at radius 2 is 1.92 bits per heavy atom. The van der Waals surface area contributed by atoms with Crippen LogP contribution < -0.4 is 9.47 Å². The monoisotopic (exact) mass is 326 g/mol. The number of hydrogen-bond acceptors (Lipinski definition) is 4. The van der Waals surface area contributed by atoms with Crippen molar-refractivity contribution in [2.24, 2.45) is 0 Å². The van der Waals surface area contributed by atoms with E-state index in [0.29, 0.717) is 11.5 Å². The van der Waals surface area contributed by atoms with Gasteiger partial charge < -0.3 is 14.5 Å². The highest BCUT2D eigenvalue weighted by molar-refractivity contribution is 5.84. The van der Waals surface area contributed by atoms with Crippen LogP contribution in [0.25, 0.3) is 10.9 Å². The number of ether oxygens (including phenoxy) is 2. The van der Waals surface area contributed by atoms with E-state index in [2.05, 4.69) is 4.98 Å². The summed E-state index contributed by atoms with van der Waals surface area (Å²) in [5.41, 5.74) is 2.60. The molecule has 1 heterocycles. The molecule has 0 saturated heterocycles. The predicted octanol–water partition coefficient (Wildman–Crippen LogP) is 3.59. The summed E-state index contributed by atoms with van der Waals surface area (Å²) >= 11 is 0. The molecule has 0 saturated carbocycles. The molecule has 24 heavy (non-hydrogen) atoms. The van der Waals surface area contributed by atoms with Crippen LogP contribution in [0.5, 0.6) is 11.5 Å². The molecule has 3 aromatic rings. The van der Waals surface area contributed by atoms with Crippen molar-refractivity contribution in [3.05, 3.63) is 69.9 Å². The molecular formula is C18H18N2O4. The van der Waals surface area contributed by atoms with Gasteiger partial charge in [-0.15, -0.1) is 0 Å². The van der Waals surface area contributed by atoms with Gasteiger partial charge in [0.25, 0.3) is 0 Å². The lowest BCUT2D eigenvalue weighted by atomic mass is 9.90. The van der Waals surface area contributed by atoms with Crippen LogP contribution in [0.15, 0.2) is 48.7 Å². The van der Waals surface area contributed by atoms with Crippen molar-refractivity contribution >= 4 is 10.9 Å². The summed E-state index contributed by atoms with van der Waals surface area (Å²) in [5.74, 6) is 0.804. The number of hydrogen-bond donors (Lipinski definition) is 1. The van der Waals surface area contributed by atoms with E-state index in [1.54, 1.807) is 26.4 Å². The van der Waals surface area contributed by atoms with Gasteiger partial charge in [0, 0.05) is 33.7 Å². The second-order valence-corrected chi connectivity index (χ2v) is 5.47. The highest BCUT2D eigenvalue weighted by Gasteiger charge is 2.26. The van der Waals surface area contributed by atoms with E-state index in [-0.39, 0.29) is 11.5 Å². The van der Waals surface area contributed by atoms with Gasteiger partial charge in [-0.1, -0.05) is 24.3 Å². The van der Waals surface area contributed by atoms with Crippen LogP contribution in [0.1, 0.15) is 17.0 Å². The predicted molar refractivity (Wildman–Crippen MR) is 91.5 cm³/mol. The number of nitrogens with zero attached hydrogens (tertiary/aromatic N) is 1. The van der Waals surface area contributed by atoms with Gasteiger partial charge in [-0.05, 0) is 17.7 Å². The van der Waals surface area contributed by atoms with Gasteiger partial charge in [0.1, 0.15) is 11.5 Å². The normalized spacial score (nSPS) is 12.1. The van der Waals surface area contributed by atoms with E-state index in [1.165, 1.54) is 0 Å². The lowest BCUT2D eigenvalue weighted by Crippen LogP contribution is -2.14. The number of H-pyrrole nitrogens is 1. The Kier molecular flexibility index (Phi) is 4.37. The molecule has 1 atom stereocenters. The molecule has 3 rings (SSSR count). The first-order chi connectivity index (χ1) is 11.6. The minimum atomic E-state index is -0.419. The zero-order valence-corrected chi connectivity index (χ0v) is 13.5. The molecule has 124 valence electrons. The summed E-state index contributed by atoms with van der Waals surface area (Å²) in [6.45, 7) is -0.218. The molecule has 2 aromatic carbocycles. The third kappa shape index (κ3) is 2.90. The van der Waals surface area contributed by atoms with Gasteiger partial charge in [-0.3, -0.25) is 10.1 Å². The SMILES string of the molecule is COc1ccc(C(C[N+](=O)[O-])c2c[nH]c3ccccc23)c(OC)c1. The Labute approximate surface area is 139 Å². The van der Waals surface area contributed by atoms with Gasteiger partial charge >= 0.3 is 0 Å². The summed E-state index contributed by atoms with van der Waals surface area (Å²) in [6, 6.07) is 13.1. The summed E-state index contributed by atoms with van der Waals surface area (Å²) in [5, 5.41) is 12.2. The second-order valence-electron chi connectivity index (χ2n) is 5.47. The van der Waals surface area contributed by atoms with Gasteiger partial charge in [0.15, 0.2) is 0 Å². The van der Waals surface area contributed by atoms with Crippen molar-refractivity contribution in [1.82, 2.24) is 4.98 Å². The molecule has 0 aliphatic heterocycles. The minimum absolute atomic E-state index is 0.218. The number of aromatic nitrogens is 1. The average Bonchev–Trinajstić information content (AvgIpc) is 3.03. The summed E-state index contributed by atoms with van der Waals surface area (Å²) in [4.78, 5) is 14.2. The number of benzene rings is 2. The van der Waals surface area contributed by atoms with Crippen LogP contribution >= 0.6 is 0 Å². The maximum atomic E-state index is 11.3. The summed E-state index contributed by atoms with van der Waals surface area (Å²) in [7, 11) is 3.12. The highest BCUT2D eigenvalue weighted by Crippen LogP contribution is 2.37. The molecule has 6 heteroatoms. The van der Waals surface area contributed by atoms with E-state index in [4.69, 9.17) is 9.47 Å². The molecule has 1 N–H and O–H groups in total. The second kappa shape index (κ2) is 6.62. The fraction of sp³-hybridized carbons (Fsp3) is 0.222. The first-order valence-electron chi connectivity index (χ1n) is 7.53. The van der Waals surface area contributed by atoms with Gasteiger partial charge in [-0.2, -0.15) is 0 Å². The molecule has 0 radical (unpaired) electrons. The third-order valence-electron chi connectivity index (χ3n) is 4.14. The number of rotatable bonds is 6. The highest BCUT2D eigenvalue weighted by atomic mass is 16.6. The number of para-hydroxylation sites is 1. The smallest absolute Gasteiger partial charge is 0.214 e. The van der Waals surface area contributed by atoms with E-state index >= 15 is 0 Å². The number of nitro groups is 1. The number of fused-ring (bicyclic) bond motifs is 1. The third-order valence-corrected chi connectivity index (χ3v) is 4.14. The Morgan fingerprint density at radius 3 is 2.62 bits per heavy atom. The Balaban J connectivity index is 2.15. The molecule has 1 unspecified atom stereocenters. The molecule has 0 bridgehead atoms. The van der Waals surface area contributed by atoms with Crippen molar-refractivity contribution < 1.29 is 14.4 Å². The minimum Gasteiger partial charge on any atom is -0.497 e. The standard InChI is InChI=1S/C18H18N2O4/c1-23-12-7-8-14(18(9-12)24-2)16(11-20(21)22)15-10-19-17-6-4-3-5-13(15)17/h3-10,16,19H,11H2,1-2H3. The van der Waals surface area contributed by atoms with Gasteiger partial charge in [-0.25, -0.2) is 0 Å². The zero-order valence-electron chi connectivity index (χ0n) is 13.5. The Bertz CT molecular complexity index is 872. The fourth-order valence-corrected chi connectivity index (χ4v) is 3.00. The maximum Gasteiger partial charge on any atom is 0.214 e. The van der Waals surface area contributed by atoms with Crippen molar-refractivity contribution in [2.75, 3.05) is 20.8 Å². The molecule has 0 amide bonds. The van der Waals surface area contributed by atoms with Crippen LogP contribution in [-0.2, 0) is 0 Å². The summed E-state index contributed by atoms with van der Waals surface area (Å²) in [6.07, 6.45) is 1.84. The van der Waals surface area contributed by atoms with E-state index < -0.39 is 5.92 Å². The molecule has 0 aliphatic rings. The first-order valence-corrected chi connectivity index (χ1v) is 7.53. The van der Waals surface area contributed by atoms with E-state index in [1.807, 2.05) is 36.5 Å². The first kappa shape index (κ1) is 15.9. The Hall–Kier alpha value is -3.02. The molecular weight excluding hydrogens is 308 g/mol. The lowest BCUT2D eigenvalue weighted by Gasteiger charge is -2.17. The van der Waals surface area contributed by atoms with Crippen LogP contribution in [0, 0.1) is 10.1 Å². The maximum absolute atomic E-state index is 11.3. The van der Waals surface area contributed by atoms with E-state index in [0.717, 1.165) is 22.0 Å². The van der Waals surface area contributed by atoms with Crippen LogP contribution in [0.3, 0.4) is 0 Å². The number of aromatic amines is 1. The largest absolute Gasteiger partial charge is 0.497 e. The van der Waals surface area contributed by atoms with Gasteiger partial charge in [0.05, 0.1) is 20.1 Å².